The van der Waals surface area contributed by atoms with Gasteiger partial charge >= 0.3 is 0 Å². The number of benzene rings is 2. The van der Waals surface area contributed by atoms with Crippen LogP contribution < -0.4 is 4.90 Å². The smallest absolute Gasteiger partial charge is 0.227 e. The molecule has 0 saturated heterocycles. The van der Waals surface area contributed by atoms with E-state index in [2.05, 4.69) is 20.9 Å². The maximum Gasteiger partial charge on any atom is 0.227 e. The lowest BCUT2D eigenvalue weighted by molar-refractivity contribution is 0.284. The van der Waals surface area contributed by atoms with Crippen LogP contribution in [-0.4, -0.2) is 23.8 Å². The zero-order valence-corrected chi connectivity index (χ0v) is 17.2. The minimum atomic E-state index is -0.650. The number of hydrogen-bond acceptors (Lipinski definition) is 4. The van der Waals surface area contributed by atoms with Crippen molar-refractivity contribution >= 4 is 27.5 Å². The van der Waals surface area contributed by atoms with Crippen molar-refractivity contribution < 1.29 is 18.6 Å². The number of aliphatic hydroxyl groups excluding tert-OH is 1. The summed E-state index contributed by atoms with van der Waals surface area (Å²) in [5.74, 6) is -0.917. The fraction of sp³-hybridized carbons (Fsp3) is 0.286. The third-order valence-electron chi connectivity index (χ3n) is 4.50. The monoisotopic (exact) mass is 450 g/mol. The quantitative estimate of drug-likeness (QED) is 0.709. The Labute approximate surface area is 171 Å². The van der Waals surface area contributed by atoms with Gasteiger partial charge in [0.25, 0.3) is 0 Å². The van der Waals surface area contributed by atoms with Crippen LogP contribution in [0.15, 0.2) is 52.1 Å². The van der Waals surface area contributed by atoms with Crippen molar-refractivity contribution in [2.75, 3.05) is 11.5 Å². The van der Waals surface area contributed by atoms with E-state index in [1.54, 1.807) is 0 Å². The fourth-order valence-corrected chi connectivity index (χ4v) is 3.40. The van der Waals surface area contributed by atoms with E-state index in [0.29, 0.717) is 16.8 Å². The number of anilines is 1. The SMILES string of the molecule is Cc1ccc(CCO)cc1N1C=C(Br)C(OCc2ccc(F)cc2F)=NC1C. The van der Waals surface area contributed by atoms with Gasteiger partial charge in [0.1, 0.15) is 24.4 Å². The molecule has 0 fully saturated rings. The van der Waals surface area contributed by atoms with E-state index in [9.17, 15) is 13.9 Å². The lowest BCUT2D eigenvalue weighted by Gasteiger charge is -2.31. The molecule has 4 nitrogen and oxygen atoms in total. The summed E-state index contributed by atoms with van der Waals surface area (Å²) in [4.78, 5) is 6.56. The van der Waals surface area contributed by atoms with Crippen molar-refractivity contribution in [1.82, 2.24) is 0 Å². The second kappa shape index (κ2) is 8.84. The van der Waals surface area contributed by atoms with Gasteiger partial charge in [0, 0.05) is 30.1 Å². The molecule has 1 atom stereocenters. The summed E-state index contributed by atoms with van der Waals surface area (Å²) < 4.78 is 33.1. The second-order valence-corrected chi connectivity index (χ2v) is 7.42. The van der Waals surface area contributed by atoms with E-state index in [0.717, 1.165) is 22.9 Å². The van der Waals surface area contributed by atoms with Gasteiger partial charge in [-0.1, -0.05) is 12.1 Å². The van der Waals surface area contributed by atoms with E-state index < -0.39 is 11.6 Å². The van der Waals surface area contributed by atoms with E-state index in [1.165, 1.54) is 12.1 Å². The van der Waals surface area contributed by atoms with Crippen LogP contribution in [0.4, 0.5) is 14.5 Å². The summed E-state index contributed by atoms with van der Waals surface area (Å²) in [5, 5.41) is 9.19. The first kappa shape index (κ1) is 20.5. The predicted octanol–water partition coefficient (Wildman–Crippen LogP) is 4.83. The molecule has 0 bridgehead atoms. The molecule has 1 heterocycles. The van der Waals surface area contributed by atoms with Crippen LogP contribution in [0, 0.1) is 18.6 Å². The average Bonchev–Trinajstić information content (AvgIpc) is 2.65. The number of aryl methyl sites for hydroxylation is 1. The first-order chi connectivity index (χ1) is 13.4. The van der Waals surface area contributed by atoms with Gasteiger partial charge < -0.3 is 14.7 Å². The summed E-state index contributed by atoms with van der Waals surface area (Å²) in [5.41, 5.74) is 3.37. The molecule has 0 saturated carbocycles. The first-order valence-electron chi connectivity index (χ1n) is 8.90. The van der Waals surface area contributed by atoms with Crippen LogP contribution in [0.2, 0.25) is 0 Å². The van der Waals surface area contributed by atoms with Crippen LogP contribution in [0.1, 0.15) is 23.6 Å². The summed E-state index contributed by atoms with van der Waals surface area (Å²) >= 11 is 3.47. The lowest BCUT2D eigenvalue weighted by Crippen LogP contribution is -2.32. The Morgan fingerprint density at radius 2 is 2.00 bits per heavy atom. The van der Waals surface area contributed by atoms with E-state index >= 15 is 0 Å². The van der Waals surface area contributed by atoms with Crippen LogP contribution in [0.3, 0.4) is 0 Å². The van der Waals surface area contributed by atoms with Crippen molar-refractivity contribution in [3.63, 3.8) is 0 Å². The highest BCUT2D eigenvalue weighted by Crippen LogP contribution is 2.30. The number of rotatable bonds is 5. The zero-order chi connectivity index (χ0) is 20.3. The minimum Gasteiger partial charge on any atom is -0.472 e. The van der Waals surface area contributed by atoms with Crippen molar-refractivity contribution in [3.8, 4) is 0 Å². The molecule has 2 aromatic carbocycles. The molecule has 1 N–H and O–H groups in total. The van der Waals surface area contributed by atoms with E-state index in [4.69, 9.17) is 4.74 Å². The van der Waals surface area contributed by atoms with Crippen LogP contribution in [0.25, 0.3) is 0 Å². The average molecular weight is 451 g/mol. The molecule has 0 amide bonds. The Bertz CT molecular complexity index is 931. The fourth-order valence-electron chi connectivity index (χ4n) is 2.96. The molecular formula is C21H21BrF2N2O2. The Morgan fingerprint density at radius 3 is 2.71 bits per heavy atom. The second-order valence-electron chi connectivity index (χ2n) is 6.57. The summed E-state index contributed by atoms with van der Waals surface area (Å²) in [7, 11) is 0. The largest absolute Gasteiger partial charge is 0.472 e. The molecule has 1 aliphatic heterocycles. The van der Waals surface area contributed by atoms with Crippen molar-refractivity contribution in [2.24, 2.45) is 4.99 Å². The van der Waals surface area contributed by atoms with Gasteiger partial charge in [-0.3, -0.25) is 0 Å². The number of hydrogen-bond donors (Lipinski definition) is 1. The molecule has 1 unspecified atom stereocenters. The zero-order valence-electron chi connectivity index (χ0n) is 15.6. The number of aliphatic imine (C=N–C) groups is 1. The summed E-state index contributed by atoms with van der Waals surface area (Å²) in [6, 6.07) is 9.44. The minimum absolute atomic E-state index is 0.0500. The standard InChI is InChI=1S/C21H21BrF2N2O2/c1-13-3-4-15(7-8-27)9-20(13)26-11-18(22)21(25-14(26)2)28-12-16-5-6-17(23)10-19(16)24/h3-6,9-11,14,27H,7-8,12H2,1-2H3. The van der Waals surface area contributed by atoms with E-state index in [-0.39, 0.29) is 24.9 Å². The highest BCUT2D eigenvalue weighted by molar-refractivity contribution is 9.12. The molecule has 1 aliphatic rings. The summed E-state index contributed by atoms with van der Waals surface area (Å²) in [6.07, 6.45) is 2.22. The van der Waals surface area contributed by atoms with Crippen LogP contribution in [0.5, 0.6) is 0 Å². The Kier molecular flexibility index (Phi) is 6.46. The maximum atomic E-state index is 13.8. The molecule has 28 heavy (non-hydrogen) atoms. The first-order valence-corrected chi connectivity index (χ1v) is 9.69. The molecule has 2 aromatic rings. The van der Waals surface area contributed by atoms with Crippen molar-refractivity contribution in [3.05, 3.63) is 75.4 Å². The summed E-state index contributed by atoms with van der Waals surface area (Å²) in [6.45, 7) is 3.98. The van der Waals surface area contributed by atoms with Crippen LogP contribution >= 0.6 is 15.9 Å². The number of nitrogens with zero attached hydrogens (tertiary/aromatic N) is 2. The Balaban J connectivity index is 1.77. The van der Waals surface area contributed by atoms with Gasteiger partial charge in [-0.15, -0.1) is 0 Å². The van der Waals surface area contributed by atoms with Crippen molar-refractivity contribution in [2.45, 2.75) is 33.0 Å². The van der Waals surface area contributed by atoms with Gasteiger partial charge in [-0.05, 0) is 65.5 Å². The molecule has 0 aliphatic carbocycles. The number of ether oxygens (including phenoxy) is 1. The predicted molar refractivity (Wildman–Crippen MR) is 110 cm³/mol. The van der Waals surface area contributed by atoms with Gasteiger partial charge in [-0.25, -0.2) is 13.8 Å². The normalized spacial score (nSPS) is 16.6. The molecular weight excluding hydrogens is 430 g/mol. The molecule has 0 radical (unpaired) electrons. The molecule has 148 valence electrons. The van der Waals surface area contributed by atoms with Gasteiger partial charge in [0.2, 0.25) is 5.90 Å². The molecule has 0 aromatic heterocycles. The van der Waals surface area contributed by atoms with Crippen molar-refractivity contribution in [1.29, 1.82) is 0 Å². The maximum absolute atomic E-state index is 13.8. The van der Waals surface area contributed by atoms with Gasteiger partial charge in [0.05, 0.1) is 4.48 Å². The molecule has 0 spiro atoms. The molecule has 3 rings (SSSR count). The Morgan fingerprint density at radius 1 is 1.21 bits per heavy atom. The topological polar surface area (TPSA) is 45.1 Å². The highest BCUT2D eigenvalue weighted by atomic mass is 79.9. The Hall–Kier alpha value is -2.25. The third-order valence-corrected chi connectivity index (χ3v) is 5.04. The van der Waals surface area contributed by atoms with Crippen LogP contribution in [-0.2, 0) is 17.8 Å². The number of aliphatic hydroxyl groups is 1. The number of halogens is 3. The lowest BCUT2D eigenvalue weighted by atomic mass is 10.1. The van der Waals surface area contributed by atoms with Gasteiger partial charge in [-0.2, -0.15) is 0 Å². The molecule has 7 heteroatoms. The highest BCUT2D eigenvalue weighted by Gasteiger charge is 2.23. The third kappa shape index (κ3) is 4.59. The van der Waals surface area contributed by atoms with E-state index in [1.807, 2.05) is 43.1 Å². The van der Waals surface area contributed by atoms with Gasteiger partial charge in [0.15, 0.2) is 0 Å².